The number of nitro benzene ring substituents is 2. The van der Waals surface area contributed by atoms with Crippen molar-refractivity contribution in [3.8, 4) is 11.5 Å². The van der Waals surface area contributed by atoms with Crippen LogP contribution in [0.25, 0.3) is 0 Å². The molecule has 0 radical (unpaired) electrons. The maximum absolute atomic E-state index is 12.8. The van der Waals surface area contributed by atoms with E-state index in [0.29, 0.717) is 11.4 Å². The number of para-hydroxylation sites is 2. The predicted octanol–water partition coefficient (Wildman–Crippen LogP) is 3.70. The summed E-state index contributed by atoms with van der Waals surface area (Å²) in [5, 5.41) is 32.0. The number of carbonyl (C=O) groups excluding carboxylic acids is 4. The number of rotatable bonds is 15. The molecule has 246 valence electrons. The highest BCUT2D eigenvalue weighted by atomic mass is 16.6. The highest BCUT2D eigenvalue weighted by Gasteiger charge is 2.16. The van der Waals surface area contributed by atoms with Crippen molar-refractivity contribution in [3.63, 3.8) is 0 Å². The van der Waals surface area contributed by atoms with Gasteiger partial charge < -0.3 is 30.7 Å². The third kappa shape index (κ3) is 9.83. The van der Waals surface area contributed by atoms with E-state index in [0.717, 1.165) is 0 Å². The average molecular weight is 657 g/mol. The summed E-state index contributed by atoms with van der Waals surface area (Å²) in [5.41, 5.74) is 0.728. The zero-order chi connectivity index (χ0) is 34.5. The van der Waals surface area contributed by atoms with Gasteiger partial charge in [0, 0.05) is 48.7 Å². The van der Waals surface area contributed by atoms with E-state index in [-0.39, 0.29) is 47.1 Å². The fourth-order valence-corrected chi connectivity index (χ4v) is 4.12. The van der Waals surface area contributed by atoms with Gasteiger partial charge in [0.05, 0.1) is 21.0 Å². The molecule has 0 aliphatic carbocycles. The zero-order valence-corrected chi connectivity index (χ0v) is 25.0. The number of ether oxygens (including phenoxy) is 2. The minimum atomic E-state index is -0.556. The summed E-state index contributed by atoms with van der Waals surface area (Å²) in [6.07, 6.45) is 0. The molecule has 4 amide bonds. The zero-order valence-electron chi connectivity index (χ0n) is 25.0. The van der Waals surface area contributed by atoms with Crippen LogP contribution in [0.3, 0.4) is 0 Å². The van der Waals surface area contributed by atoms with Gasteiger partial charge in [0.1, 0.15) is 11.5 Å². The number of nitrogens with one attached hydrogen (secondary N) is 4. The second kappa shape index (κ2) is 16.5. The Morgan fingerprint density at radius 2 is 0.896 bits per heavy atom. The molecule has 4 aromatic carbocycles. The summed E-state index contributed by atoms with van der Waals surface area (Å²) in [7, 11) is 0. The number of amides is 4. The van der Waals surface area contributed by atoms with Crippen molar-refractivity contribution in [1.82, 2.24) is 10.6 Å². The van der Waals surface area contributed by atoms with E-state index in [1.807, 2.05) is 0 Å². The van der Waals surface area contributed by atoms with Crippen molar-refractivity contribution >= 4 is 46.4 Å². The van der Waals surface area contributed by atoms with Crippen molar-refractivity contribution in [3.05, 3.63) is 128 Å². The molecule has 4 rings (SSSR count). The summed E-state index contributed by atoms with van der Waals surface area (Å²) in [4.78, 5) is 70.8. The Balaban J connectivity index is 1.22. The molecule has 48 heavy (non-hydrogen) atoms. The summed E-state index contributed by atoms with van der Waals surface area (Å²) in [6, 6.07) is 23.0. The molecule has 0 spiro atoms. The number of anilines is 2. The van der Waals surface area contributed by atoms with Crippen LogP contribution in [0.15, 0.2) is 97.1 Å². The quantitative estimate of drug-likeness (QED) is 0.0825. The van der Waals surface area contributed by atoms with E-state index < -0.39 is 46.7 Å². The second-order valence-corrected chi connectivity index (χ2v) is 9.79. The van der Waals surface area contributed by atoms with E-state index >= 15 is 0 Å². The van der Waals surface area contributed by atoms with Crippen LogP contribution in [0.4, 0.5) is 22.7 Å². The minimum Gasteiger partial charge on any atom is -0.483 e. The largest absolute Gasteiger partial charge is 0.483 e. The first-order valence-electron chi connectivity index (χ1n) is 14.2. The molecular formula is C32H28N6O10. The minimum absolute atomic E-state index is 0.0419. The fourth-order valence-electron chi connectivity index (χ4n) is 4.12. The third-order valence-corrected chi connectivity index (χ3v) is 6.40. The Morgan fingerprint density at radius 1 is 0.542 bits per heavy atom. The van der Waals surface area contributed by atoms with Crippen molar-refractivity contribution in [2.45, 2.75) is 0 Å². The number of carbonyl (C=O) groups is 4. The summed E-state index contributed by atoms with van der Waals surface area (Å²) in [5.74, 6) is -1.84. The number of non-ortho nitro benzene ring substituents is 2. The lowest BCUT2D eigenvalue weighted by atomic mass is 10.2. The molecule has 16 nitrogen and oxygen atoms in total. The summed E-state index contributed by atoms with van der Waals surface area (Å²) in [6.45, 7) is -0.782. The molecule has 0 saturated carbocycles. The molecule has 4 N–H and O–H groups in total. The van der Waals surface area contributed by atoms with Crippen LogP contribution in [0, 0.1) is 20.2 Å². The molecule has 0 aliphatic rings. The molecular weight excluding hydrogens is 628 g/mol. The standard InChI is InChI=1S/C32H28N6O10/c39-29(35-21-9-13-23(14-10-21)37(43)44)19-47-27-7-3-1-5-25(27)31(41)33-17-18-34-32(42)26-6-2-4-8-28(26)48-20-30(40)36-22-11-15-24(16-12-22)38(45)46/h1-16H,17-20H2,(H,33,41)(H,34,42)(H,35,39)(H,36,40). The summed E-state index contributed by atoms with van der Waals surface area (Å²) < 4.78 is 11.1. The average Bonchev–Trinajstić information content (AvgIpc) is 3.09. The lowest BCUT2D eigenvalue weighted by molar-refractivity contribution is -0.385. The van der Waals surface area contributed by atoms with Crippen LogP contribution in [-0.2, 0) is 9.59 Å². The molecule has 16 heteroatoms. The number of hydrogen-bond acceptors (Lipinski definition) is 10. The Labute approximate surface area is 272 Å². The van der Waals surface area contributed by atoms with Crippen LogP contribution >= 0.6 is 0 Å². The number of nitrogens with zero attached hydrogens (tertiary/aromatic N) is 2. The molecule has 4 aromatic rings. The van der Waals surface area contributed by atoms with E-state index in [1.165, 1.54) is 72.8 Å². The van der Waals surface area contributed by atoms with Crippen LogP contribution in [0.1, 0.15) is 20.7 Å². The van der Waals surface area contributed by atoms with Gasteiger partial charge in [-0.3, -0.25) is 39.4 Å². The molecule has 0 fully saturated rings. The molecule has 0 aliphatic heterocycles. The fraction of sp³-hybridized carbons (Fsp3) is 0.125. The molecule has 0 saturated heterocycles. The molecule has 0 aromatic heterocycles. The normalized spacial score (nSPS) is 10.2. The van der Waals surface area contributed by atoms with Crippen LogP contribution in [0.2, 0.25) is 0 Å². The van der Waals surface area contributed by atoms with Gasteiger partial charge in [-0.2, -0.15) is 0 Å². The Morgan fingerprint density at radius 3 is 1.25 bits per heavy atom. The maximum Gasteiger partial charge on any atom is 0.269 e. The van der Waals surface area contributed by atoms with Crippen LogP contribution < -0.4 is 30.7 Å². The number of hydrogen-bond donors (Lipinski definition) is 4. The molecule has 0 heterocycles. The van der Waals surface area contributed by atoms with E-state index in [9.17, 15) is 39.4 Å². The van der Waals surface area contributed by atoms with Gasteiger partial charge in [-0.05, 0) is 48.5 Å². The van der Waals surface area contributed by atoms with Crippen LogP contribution in [0.5, 0.6) is 11.5 Å². The van der Waals surface area contributed by atoms with Crippen molar-refractivity contribution < 1.29 is 38.5 Å². The monoisotopic (exact) mass is 656 g/mol. The Bertz CT molecular complexity index is 1680. The summed E-state index contributed by atoms with van der Waals surface area (Å²) >= 11 is 0. The number of nitro groups is 2. The van der Waals surface area contributed by atoms with Gasteiger partial charge >= 0.3 is 0 Å². The molecule has 0 bridgehead atoms. The number of benzene rings is 4. The van der Waals surface area contributed by atoms with Crippen molar-refractivity contribution in [1.29, 1.82) is 0 Å². The SMILES string of the molecule is O=C(COc1ccccc1C(=O)NCCNC(=O)c1ccccc1OCC(=O)Nc1ccc([N+](=O)[O-])cc1)Nc1ccc([N+](=O)[O-])cc1. The van der Waals surface area contributed by atoms with Gasteiger partial charge in [-0.25, -0.2) is 0 Å². The van der Waals surface area contributed by atoms with E-state index in [2.05, 4.69) is 21.3 Å². The molecule has 0 atom stereocenters. The first kappa shape index (κ1) is 34.0. The topological polar surface area (TPSA) is 221 Å². The lowest BCUT2D eigenvalue weighted by Crippen LogP contribution is -2.35. The highest BCUT2D eigenvalue weighted by molar-refractivity contribution is 5.98. The van der Waals surface area contributed by atoms with Crippen molar-refractivity contribution in [2.75, 3.05) is 36.9 Å². The lowest BCUT2D eigenvalue weighted by Gasteiger charge is -2.13. The van der Waals surface area contributed by atoms with Gasteiger partial charge in [0.2, 0.25) is 0 Å². The Hall–Kier alpha value is -6.84. The Kier molecular flexibility index (Phi) is 11.7. The third-order valence-electron chi connectivity index (χ3n) is 6.40. The molecule has 0 unspecified atom stereocenters. The first-order chi connectivity index (χ1) is 23.1. The first-order valence-corrected chi connectivity index (χ1v) is 14.2. The van der Waals surface area contributed by atoms with Gasteiger partial charge in [0.25, 0.3) is 35.0 Å². The maximum atomic E-state index is 12.8. The van der Waals surface area contributed by atoms with Gasteiger partial charge in [-0.15, -0.1) is 0 Å². The van der Waals surface area contributed by atoms with Gasteiger partial charge in [-0.1, -0.05) is 24.3 Å². The van der Waals surface area contributed by atoms with Crippen LogP contribution in [-0.4, -0.2) is 59.8 Å². The van der Waals surface area contributed by atoms with Gasteiger partial charge in [0.15, 0.2) is 13.2 Å². The second-order valence-electron chi connectivity index (χ2n) is 9.79. The smallest absolute Gasteiger partial charge is 0.269 e. The van der Waals surface area contributed by atoms with E-state index in [4.69, 9.17) is 9.47 Å². The highest BCUT2D eigenvalue weighted by Crippen LogP contribution is 2.20. The van der Waals surface area contributed by atoms with E-state index in [1.54, 1.807) is 24.3 Å². The van der Waals surface area contributed by atoms with Crippen molar-refractivity contribution in [2.24, 2.45) is 0 Å². The predicted molar refractivity (Wildman–Crippen MR) is 172 cm³/mol.